The molecule has 0 saturated carbocycles. The van der Waals surface area contributed by atoms with Gasteiger partial charge in [-0.05, 0) is 17.7 Å². The van der Waals surface area contributed by atoms with Crippen LogP contribution in [0.1, 0.15) is 5.56 Å². The fourth-order valence-corrected chi connectivity index (χ4v) is 1.96. The maximum Gasteiger partial charge on any atom is 0.332 e. The van der Waals surface area contributed by atoms with Gasteiger partial charge in [0.15, 0.2) is 0 Å². The van der Waals surface area contributed by atoms with E-state index >= 15 is 0 Å². The van der Waals surface area contributed by atoms with Crippen molar-refractivity contribution in [2.45, 2.75) is 6.42 Å². The molecule has 2 aromatic rings. The number of methoxy groups -OCH3 is 1. The molecule has 0 bridgehead atoms. The van der Waals surface area contributed by atoms with E-state index in [1.165, 1.54) is 24.7 Å². The Morgan fingerprint density at radius 3 is 2.39 bits per heavy atom. The first-order chi connectivity index (χ1) is 10.9. The summed E-state index contributed by atoms with van der Waals surface area (Å²) in [7, 11) is 4.45. The average molecular weight is 318 g/mol. The quantitative estimate of drug-likeness (QED) is 0.743. The van der Waals surface area contributed by atoms with Crippen molar-refractivity contribution in [2.24, 2.45) is 14.1 Å². The lowest BCUT2D eigenvalue weighted by molar-refractivity contribution is -0.119. The summed E-state index contributed by atoms with van der Waals surface area (Å²) in [6.45, 7) is 0. The third kappa shape index (κ3) is 3.79. The predicted octanol–water partition coefficient (Wildman–Crippen LogP) is -0.222. The second-order valence-corrected chi connectivity index (χ2v) is 4.97. The molecule has 0 aliphatic heterocycles. The van der Waals surface area contributed by atoms with Gasteiger partial charge in [0.25, 0.3) is 5.56 Å². The maximum atomic E-state index is 11.9. The molecule has 1 heterocycles. The van der Waals surface area contributed by atoms with Gasteiger partial charge in [0.2, 0.25) is 5.91 Å². The van der Waals surface area contributed by atoms with Crippen LogP contribution in [0.15, 0.2) is 39.9 Å². The predicted molar refractivity (Wildman–Crippen MR) is 85.4 cm³/mol. The van der Waals surface area contributed by atoms with Gasteiger partial charge in [-0.1, -0.05) is 12.1 Å². The number of nitrogens with one attached hydrogen (secondary N) is 2. The zero-order valence-electron chi connectivity index (χ0n) is 13.1. The number of ether oxygens (including phenoxy) is 1. The molecule has 1 aromatic carbocycles. The molecule has 0 atom stereocenters. The standard InChI is InChI=1S/C15H18N4O4/c1-18-12(9-14(21)19(2)15(18)22)16-17-13(20)8-10-4-6-11(23-3)7-5-10/h4-7,9,16H,8H2,1-3H3,(H,17,20). The minimum Gasteiger partial charge on any atom is -0.497 e. The number of carbonyl (C=O) groups excluding carboxylic acids is 1. The van der Waals surface area contributed by atoms with Crippen LogP contribution in [0, 0.1) is 0 Å². The van der Waals surface area contributed by atoms with Crippen molar-refractivity contribution in [3.8, 4) is 5.75 Å². The summed E-state index contributed by atoms with van der Waals surface area (Å²) in [5, 5.41) is 0. The van der Waals surface area contributed by atoms with E-state index < -0.39 is 11.2 Å². The van der Waals surface area contributed by atoms with Crippen LogP contribution >= 0.6 is 0 Å². The molecule has 1 amide bonds. The highest BCUT2D eigenvalue weighted by atomic mass is 16.5. The highest BCUT2D eigenvalue weighted by Gasteiger charge is 2.07. The molecule has 2 rings (SSSR count). The fourth-order valence-electron chi connectivity index (χ4n) is 1.96. The molecule has 0 spiro atoms. The summed E-state index contributed by atoms with van der Waals surface area (Å²) in [5.41, 5.74) is 4.92. The van der Waals surface area contributed by atoms with E-state index in [1.54, 1.807) is 31.4 Å². The summed E-state index contributed by atoms with van der Waals surface area (Å²) in [6.07, 6.45) is 0.149. The van der Waals surface area contributed by atoms with Crippen molar-refractivity contribution in [3.05, 3.63) is 56.7 Å². The summed E-state index contributed by atoms with van der Waals surface area (Å²) >= 11 is 0. The number of hydrazine groups is 1. The topological polar surface area (TPSA) is 94.4 Å². The van der Waals surface area contributed by atoms with Crippen LogP contribution in [0.2, 0.25) is 0 Å². The van der Waals surface area contributed by atoms with Crippen molar-refractivity contribution in [1.82, 2.24) is 14.6 Å². The number of anilines is 1. The van der Waals surface area contributed by atoms with Gasteiger partial charge in [0.1, 0.15) is 11.6 Å². The summed E-state index contributed by atoms with van der Waals surface area (Å²) < 4.78 is 7.26. The van der Waals surface area contributed by atoms with Crippen molar-refractivity contribution in [2.75, 3.05) is 12.5 Å². The number of aromatic nitrogens is 2. The fraction of sp³-hybridized carbons (Fsp3) is 0.267. The Kier molecular flexibility index (Phi) is 4.85. The average Bonchev–Trinajstić information content (AvgIpc) is 2.55. The Morgan fingerprint density at radius 2 is 1.78 bits per heavy atom. The van der Waals surface area contributed by atoms with Gasteiger partial charge in [-0.25, -0.2) is 4.79 Å². The van der Waals surface area contributed by atoms with Crippen LogP contribution in [0.4, 0.5) is 5.82 Å². The third-order valence-corrected chi connectivity index (χ3v) is 3.38. The lowest BCUT2D eigenvalue weighted by Crippen LogP contribution is -2.40. The van der Waals surface area contributed by atoms with E-state index in [4.69, 9.17) is 4.74 Å². The van der Waals surface area contributed by atoms with Gasteiger partial charge in [-0.3, -0.25) is 29.6 Å². The van der Waals surface area contributed by atoms with Crippen LogP contribution in [0.5, 0.6) is 5.75 Å². The highest BCUT2D eigenvalue weighted by molar-refractivity contribution is 5.79. The lowest BCUT2D eigenvalue weighted by Gasteiger charge is -2.12. The van der Waals surface area contributed by atoms with Crippen molar-refractivity contribution in [1.29, 1.82) is 0 Å². The Hall–Kier alpha value is -3.03. The molecule has 0 aliphatic carbocycles. The second kappa shape index (κ2) is 6.82. The molecule has 23 heavy (non-hydrogen) atoms. The number of benzene rings is 1. The smallest absolute Gasteiger partial charge is 0.332 e. The molecule has 122 valence electrons. The van der Waals surface area contributed by atoms with Crippen molar-refractivity contribution >= 4 is 11.7 Å². The number of hydrogen-bond acceptors (Lipinski definition) is 5. The molecular weight excluding hydrogens is 300 g/mol. The van der Waals surface area contributed by atoms with Crippen molar-refractivity contribution in [3.63, 3.8) is 0 Å². The zero-order chi connectivity index (χ0) is 17.0. The minimum atomic E-state index is -0.482. The Morgan fingerprint density at radius 1 is 1.13 bits per heavy atom. The molecule has 0 unspecified atom stereocenters. The van der Waals surface area contributed by atoms with Gasteiger partial charge < -0.3 is 4.74 Å². The minimum absolute atomic E-state index is 0.149. The molecule has 0 fully saturated rings. The van der Waals surface area contributed by atoms with E-state index in [0.29, 0.717) is 5.75 Å². The van der Waals surface area contributed by atoms with Gasteiger partial charge in [0, 0.05) is 20.2 Å². The van der Waals surface area contributed by atoms with Gasteiger partial charge in [-0.15, -0.1) is 0 Å². The van der Waals surface area contributed by atoms with Crippen LogP contribution in [-0.4, -0.2) is 22.2 Å². The molecule has 8 nitrogen and oxygen atoms in total. The molecule has 1 aromatic heterocycles. The third-order valence-electron chi connectivity index (χ3n) is 3.38. The monoisotopic (exact) mass is 318 g/mol. The van der Waals surface area contributed by atoms with Crippen LogP contribution in [0.3, 0.4) is 0 Å². The molecule has 2 N–H and O–H groups in total. The number of hydrogen-bond donors (Lipinski definition) is 2. The molecular formula is C15H18N4O4. The Balaban J connectivity index is 2.02. The second-order valence-electron chi connectivity index (χ2n) is 4.97. The largest absolute Gasteiger partial charge is 0.497 e. The van der Waals surface area contributed by atoms with Crippen molar-refractivity contribution < 1.29 is 9.53 Å². The summed E-state index contributed by atoms with van der Waals surface area (Å²) in [4.78, 5) is 35.3. The maximum absolute atomic E-state index is 11.9. The van der Waals surface area contributed by atoms with Gasteiger partial charge in [-0.2, -0.15) is 0 Å². The van der Waals surface area contributed by atoms with Gasteiger partial charge in [0.05, 0.1) is 13.5 Å². The molecule has 0 radical (unpaired) electrons. The first kappa shape index (κ1) is 16.3. The first-order valence-electron chi connectivity index (χ1n) is 6.87. The number of carbonyl (C=O) groups is 1. The summed E-state index contributed by atoms with van der Waals surface area (Å²) in [6, 6.07) is 8.33. The van der Waals surface area contributed by atoms with Gasteiger partial charge >= 0.3 is 5.69 Å². The van der Waals surface area contributed by atoms with E-state index in [2.05, 4.69) is 10.9 Å². The van der Waals surface area contributed by atoms with E-state index in [0.717, 1.165) is 10.1 Å². The van der Waals surface area contributed by atoms with Crippen LogP contribution in [-0.2, 0) is 25.3 Å². The SMILES string of the molecule is COc1ccc(CC(=O)NNc2cc(=O)n(C)c(=O)n2C)cc1. The summed E-state index contributed by atoms with van der Waals surface area (Å²) in [5.74, 6) is 0.617. The lowest BCUT2D eigenvalue weighted by atomic mass is 10.1. The molecule has 0 aliphatic rings. The normalized spacial score (nSPS) is 10.2. The van der Waals surface area contributed by atoms with Crippen LogP contribution in [0.25, 0.3) is 0 Å². The number of amides is 1. The first-order valence-corrected chi connectivity index (χ1v) is 6.87. The Labute approximate surface area is 132 Å². The van der Waals surface area contributed by atoms with E-state index in [1.807, 2.05) is 0 Å². The van der Waals surface area contributed by atoms with E-state index in [9.17, 15) is 14.4 Å². The van der Waals surface area contributed by atoms with E-state index in [-0.39, 0.29) is 18.1 Å². The number of nitrogens with zero attached hydrogens (tertiary/aromatic N) is 2. The zero-order valence-corrected chi connectivity index (χ0v) is 13.1. The molecule has 0 saturated heterocycles. The van der Waals surface area contributed by atoms with Crippen LogP contribution < -0.4 is 26.8 Å². The molecule has 8 heteroatoms. The highest BCUT2D eigenvalue weighted by Crippen LogP contribution is 2.11. The Bertz CT molecular complexity index is 821. The number of rotatable bonds is 5.